The van der Waals surface area contributed by atoms with Gasteiger partial charge in [-0.1, -0.05) is 12.1 Å². The number of fused-ring (bicyclic) bond motifs is 3. The first kappa shape index (κ1) is 14.9. The second-order valence-corrected chi connectivity index (χ2v) is 6.36. The number of nitrogens with zero attached hydrogens (tertiary/aromatic N) is 1. The summed E-state index contributed by atoms with van der Waals surface area (Å²) in [5.41, 5.74) is 1.85. The van der Waals surface area contributed by atoms with Crippen molar-refractivity contribution in [3.63, 3.8) is 0 Å². The number of carbonyl (C=O) groups excluding carboxylic acids is 1. The third kappa shape index (κ3) is 2.15. The minimum atomic E-state index is -1.25. The van der Waals surface area contributed by atoms with Crippen LogP contribution in [-0.4, -0.2) is 22.2 Å². The molecule has 1 atom stereocenters. The van der Waals surface area contributed by atoms with Crippen molar-refractivity contribution in [3.05, 3.63) is 51.8 Å². The lowest BCUT2D eigenvalue weighted by Gasteiger charge is -2.25. The SMILES string of the molecule is CCn1c(C(=O)OC)cc(=O)c2c1-c1ccccc1[S+]([O-])C2. The summed E-state index contributed by atoms with van der Waals surface area (Å²) >= 11 is -1.25. The van der Waals surface area contributed by atoms with Crippen molar-refractivity contribution in [2.24, 2.45) is 0 Å². The number of pyridine rings is 1. The molecule has 22 heavy (non-hydrogen) atoms. The van der Waals surface area contributed by atoms with Crippen LogP contribution in [0.5, 0.6) is 0 Å². The van der Waals surface area contributed by atoms with Gasteiger partial charge in [0.1, 0.15) is 11.4 Å². The van der Waals surface area contributed by atoms with Gasteiger partial charge in [0, 0.05) is 12.6 Å². The molecule has 0 aliphatic carbocycles. The van der Waals surface area contributed by atoms with E-state index in [-0.39, 0.29) is 16.9 Å². The molecule has 0 spiro atoms. The molecule has 0 bridgehead atoms. The normalized spacial score (nSPS) is 15.9. The molecule has 2 aromatic rings. The van der Waals surface area contributed by atoms with Crippen LogP contribution in [0, 0.1) is 0 Å². The van der Waals surface area contributed by atoms with Crippen LogP contribution in [0.4, 0.5) is 0 Å². The molecular weight excluding hydrogens is 302 g/mol. The van der Waals surface area contributed by atoms with E-state index in [0.717, 1.165) is 5.56 Å². The number of rotatable bonds is 2. The molecule has 1 aliphatic rings. The summed E-state index contributed by atoms with van der Waals surface area (Å²) in [6.07, 6.45) is 0. The quantitative estimate of drug-likeness (QED) is 0.627. The van der Waals surface area contributed by atoms with E-state index in [9.17, 15) is 14.1 Å². The molecule has 114 valence electrons. The second kappa shape index (κ2) is 5.62. The van der Waals surface area contributed by atoms with Crippen LogP contribution < -0.4 is 5.43 Å². The summed E-state index contributed by atoms with van der Waals surface area (Å²) in [6, 6.07) is 8.56. The first-order valence-corrected chi connectivity index (χ1v) is 8.23. The third-order valence-corrected chi connectivity index (χ3v) is 5.18. The van der Waals surface area contributed by atoms with Gasteiger partial charge in [-0.05, 0) is 30.2 Å². The first-order chi connectivity index (χ1) is 10.6. The van der Waals surface area contributed by atoms with Gasteiger partial charge in [0.05, 0.1) is 23.9 Å². The summed E-state index contributed by atoms with van der Waals surface area (Å²) < 4.78 is 18.9. The fourth-order valence-corrected chi connectivity index (χ4v) is 4.15. The highest BCUT2D eigenvalue weighted by molar-refractivity contribution is 7.90. The highest BCUT2D eigenvalue weighted by Gasteiger charge is 2.32. The topological polar surface area (TPSA) is 71.4 Å². The highest BCUT2D eigenvalue weighted by Crippen LogP contribution is 2.36. The minimum absolute atomic E-state index is 0.173. The third-order valence-electron chi connectivity index (χ3n) is 3.79. The van der Waals surface area contributed by atoms with E-state index >= 15 is 0 Å². The molecule has 3 rings (SSSR count). The van der Waals surface area contributed by atoms with E-state index in [1.807, 2.05) is 25.1 Å². The predicted octanol–water partition coefficient (Wildman–Crippen LogP) is 1.94. The Bertz CT molecular complexity index is 812. The Balaban J connectivity index is 2.39. The lowest BCUT2D eigenvalue weighted by Crippen LogP contribution is -2.28. The van der Waals surface area contributed by atoms with Gasteiger partial charge in [0.15, 0.2) is 10.3 Å². The standard InChI is InChI=1S/C16H15NO4S/c1-3-17-12(16(19)21-2)8-13(18)11-9-22(20)14-7-5-4-6-10(14)15(11)17/h4-8H,3,9H2,1-2H3. The Kier molecular flexibility index (Phi) is 3.80. The fraction of sp³-hybridized carbons (Fsp3) is 0.250. The number of ether oxygens (including phenoxy) is 1. The van der Waals surface area contributed by atoms with Gasteiger partial charge in [-0.2, -0.15) is 0 Å². The molecule has 5 nitrogen and oxygen atoms in total. The summed E-state index contributed by atoms with van der Waals surface area (Å²) in [4.78, 5) is 25.0. The fourth-order valence-electron chi connectivity index (χ4n) is 2.81. The van der Waals surface area contributed by atoms with Crippen LogP contribution in [0.3, 0.4) is 0 Å². The van der Waals surface area contributed by atoms with Crippen LogP contribution in [0.1, 0.15) is 23.0 Å². The first-order valence-electron chi connectivity index (χ1n) is 6.91. The monoisotopic (exact) mass is 317 g/mol. The zero-order chi connectivity index (χ0) is 15.9. The molecule has 2 heterocycles. The molecule has 0 amide bonds. The van der Waals surface area contributed by atoms with E-state index in [2.05, 4.69) is 0 Å². The van der Waals surface area contributed by atoms with E-state index in [0.29, 0.717) is 22.7 Å². The number of carbonyl (C=O) groups is 1. The van der Waals surface area contributed by atoms with Crippen LogP contribution in [0.25, 0.3) is 11.3 Å². The van der Waals surface area contributed by atoms with Gasteiger partial charge in [0.25, 0.3) is 0 Å². The van der Waals surface area contributed by atoms with Gasteiger partial charge in [-0.25, -0.2) is 4.79 Å². The summed E-state index contributed by atoms with van der Waals surface area (Å²) in [5.74, 6) is -0.377. The maximum Gasteiger partial charge on any atom is 0.354 e. The molecule has 0 radical (unpaired) electrons. The molecule has 1 aromatic heterocycles. The number of methoxy groups -OCH3 is 1. The number of benzene rings is 1. The van der Waals surface area contributed by atoms with Crippen molar-refractivity contribution in [2.45, 2.75) is 24.1 Å². The van der Waals surface area contributed by atoms with Gasteiger partial charge in [-0.15, -0.1) is 0 Å². The molecule has 1 unspecified atom stereocenters. The van der Waals surface area contributed by atoms with Crippen molar-refractivity contribution < 1.29 is 14.1 Å². The zero-order valence-electron chi connectivity index (χ0n) is 12.3. The summed E-state index contributed by atoms with van der Waals surface area (Å²) in [5, 5.41) is 0. The zero-order valence-corrected chi connectivity index (χ0v) is 13.1. The van der Waals surface area contributed by atoms with E-state index in [1.165, 1.54) is 13.2 Å². The Hall–Kier alpha value is -2.05. The van der Waals surface area contributed by atoms with Gasteiger partial charge < -0.3 is 13.9 Å². The van der Waals surface area contributed by atoms with Crippen molar-refractivity contribution in [1.29, 1.82) is 0 Å². The van der Waals surface area contributed by atoms with Crippen LogP contribution in [0.2, 0.25) is 0 Å². The largest absolute Gasteiger partial charge is 0.611 e. The van der Waals surface area contributed by atoms with Crippen molar-refractivity contribution >= 4 is 17.1 Å². The summed E-state index contributed by atoms with van der Waals surface area (Å²) in [7, 11) is 1.29. The molecule has 1 aliphatic heterocycles. The number of hydrogen-bond acceptors (Lipinski definition) is 4. The Morgan fingerprint density at radius 1 is 1.41 bits per heavy atom. The number of aromatic nitrogens is 1. The van der Waals surface area contributed by atoms with Crippen molar-refractivity contribution in [1.82, 2.24) is 4.57 Å². The number of hydrogen-bond donors (Lipinski definition) is 0. The van der Waals surface area contributed by atoms with Crippen LogP contribution in [0.15, 0.2) is 40.0 Å². The van der Waals surface area contributed by atoms with Crippen molar-refractivity contribution in [2.75, 3.05) is 7.11 Å². The molecule has 0 N–H and O–H groups in total. The highest BCUT2D eigenvalue weighted by atomic mass is 32.2. The maximum absolute atomic E-state index is 12.4. The number of esters is 1. The molecular formula is C16H15NO4S. The maximum atomic E-state index is 12.4. The lowest BCUT2D eigenvalue weighted by molar-refractivity contribution is 0.0587. The van der Waals surface area contributed by atoms with Gasteiger partial charge >= 0.3 is 5.97 Å². The smallest absolute Gasteiger partial charge is 0.354 e. The molecule has 0 saturated heterocycles. The molecule has 0 fully saturated rings. The second-order valence-electron chi connectivity index (χ2n) is 4.94. The van der Waals surface area contributed by atoms with Gasteiger partial charge in [0.2, 0.25) is 0 Å². The Morgan fingerprint density at radius 3 is 2.82 bits per heavy atom. The molecule has 1 aromatic carbocycles. The average molecular weight is 317 g/mol. The Labute approximate surface area is 130 Å². The Morgan fingerprint density at radius 2 is 2.14 bits per heavy atom. The van der Waals surface area contributed by atoms with Crippen LogP contribution in [-0.2, 0) is 28.2 Å². The van der Waals surface area contributed by atoms with Gasteiger partial charge in [-0.3, -0.25) is 4.79 Å². The van der Waals surface area contributed by atoms with Crippen LogP contribution >= 0.6 is 0 Å². The molecule has 0 saturated carbocycles. The minimum Gasteiger partial charge on any atom is -0.611 e. The van der Waals surface area contributed by atoms with E-state index in [4.69, 9.17) is 4.74 Å². The predicted molar refractivity (Wildman–Crippen MR) is 83.3 cm³/mol. The van der Waals surface area contributed by atoms with Crippen molar-refractivity contribution in [3.8, 4) is 11.3 Å². The summed E-state index contributed by atoms with van der Waals surface area (Å²) in [6.45, 7) is 2.40. The lowest BCUT2D eigenvalue weighted by atomic mass is 10.0. The average Bonchev–Trinajstić information content (AvgIpc) is 2.55. The van der Waals surface area contributed by atoms with E-state index < -0.39 is 17.1 Å². The molecule has 6 heteroatoms. The van der Waals surface area contributed by atoms with E-state index in [1.54, 1.807) is 10.6 Å².